The first-order chi connectivity index (χ1) is 9.81. The van der Waals surface area contributed by atoms with Crippen molar-refractivity contribution in [3.63, 3.8) is 0 Å². The Hall–Kier alpha value is -1.17. The van der Waals surface area contributed by atoms with Gasteiger partial charge < -0.3 is 10.2 Å². The maximum atomic E-state index is 5.95. The molecule has 20 heavy (non-hydrogen) atoms. The van der Waals surface area contributed by atoms with E-state index in [1.54, 1.807) is 23.7 Å². The molecule has 1 N–H and O–H groups in total. The molecule has 1 aliphatic rings. The maximum absolute atomic E-state index is 5.95. The second kappa shape index (κ2) is 6.52. The Balaban J connectivity index is 1.55. The van der Waals surface area contributed by atoms with Crippen LogP contribution in [0.1, 0.15) is 17.7 Å². The van der Waals surface area contributed by atoms with Crippen molar-refractivity contribution in [2.24, 2.45) is 0 Å². The van der Waals surface area contributed by atoms with E-state index in [0.29, 0.717) is 6.04 Å². The van der Waals surface area contributed by atoms with Gasteiger partial charge in [-0.25, -0.2) is 9.97 Å². The first-order valence-electron chi connectivity index (χ1n) is 6.81. The van der Waals surface area contributed by atoms with Gasteiger partial charge in [0, 0.05) is 42.9 Å². The van der Waals surface area contributed by atoms with Gasteiger partial charge in [0.1, 0.15) is 0 Å². The van der Waals surface area contributed by atoms with Crippen LogP contribution in [0.15, 0.2) is 30.6 Å². The topological polar surface area (TPSA) is 41.0 Å². The van der Waals surface area contributed by atoms with Crippen molar-refractivity contribution < 1.29 is 0 Å². The second-order valence-corrected chi connectivity index (χ2v) is 6.72. The highest BCUT2D eigenvalue weighted by atomic mass is 35.5. The predicted molar refractivity (Wildman–Crippen MR) is 83.4 cm³/mol. The van der Waals surface area contributed by atoms with E-state index in [9.17, 15) is 0 Å². The number of aromatic nitrogens is 2. The first kappa shape index (κ1) is 13.8. The Labute approximate surface area is 127 Å². The van der Waals surface area contributed by atoms with Crippen LogP contribution in [0.5, 0.6) is 0 Å². The van der Waals surface area contributed by atoms with Crippen LogP contribution in [-0.4, -0.2) is 29.1 Å². The molecule has 0 spiro atoms. The lowest BCUT2D eigenvalue weighted by Crippen LogP contribution is -2.46. The summed E-state index contributed by atoms with van der Waals surface area (Å²) >= 11 is 7.59. The minimum absolute atomic E-state index is 0.480. The van der Waals surface area contributed by atoms with Crippen LogP contribution < -0.4 is 10.2 Å². The molecule has 0 amide bonds. The van der Waals surface area contributed by atoms with Crippen molar-refractivity contribution in [1.29, 1.82) is 0 Å². The fourth-order valence-corrected chi connectivity index (χ4v) is 3.51. The molecule has 2 aromatic rings. The fourth-order valence-electron chi connectivity index (χ4n) is 2.47. The van der Waals surface area contributed by atoms with Crippen LogP contribution >= 0.6 is 22.9 Å². The molecule has 1 atom stereocenters. The summed E-state index contributed by atoms with van der Waals surface area (Å²) in [6, 6.07) is 6.37. The standard InChI is InChI=1S/C14H17ClN4S/c15-13-5-4-12(20-13)9-18-11-3-1-8-19(10-11)14-16-6-2-7-17-14/h2,4-7,11,18H,1,3,8-10H2/t11-/m1/s1. The monoisotopic (exact) mass is 308 g/mol. The summed E-state index contributed by atoms with van der Waals surface area (Å²) in [5, 5.41) is 3.61. The molecule has 1 aliphatic heterocycles. The Bertz CT molecular complexity index is 545. The average Bonchev–Trinajstić information content (AvgIpc) is 2.92. The zero-order valence-electron chi connectivity index (χ0n) is 11.1. The van der Waals surface area contributed by atoms with E-state index in [1.807, 2.05) is 12.1 Å². The predicted octanol–water partition coefficient (Wildman–Crippen LogP) is 2.95. The highest BCUT2D eigenvalue weighted by Crippen LogP contribution is 2.22. The highest BCUT2D eigenvalue weighted by molar-refractivity contribution is 7.16. The Morgan fingerprint density at radius 3 is 2.95 bits per heavy atom. The number of halogens is 1. The summed E-state index contributed by atoms with van der Waals surface area (Å²) in [6.07, 6.45) is 5.96. The Kier molecular flexibility index (Phi) is 4.50. The van der Waals surface area contributed by atoms with E-state index < -0.39 is 0 Å². The zero-order chi connectivity index (χ0) is 13.8. The minimum atomic E-state index is 0.480. The number of piperidine rings is 1. The van der Waals surface area contributed by atoms with Crippen molar-refractivity contribution in [2.75, 3.05) is 18.0 Å². The molecule has 0 bridgehead atoms. The molecule has 1 saturated heterocycles. The van der Waals surface area contributed by atoms with Crippen molar-refractivity contribution in [3.05, 3.63) is 39.8 Å². The average molecular weight is 309 g/mol. The Morgan fingerprint density at radius 1 is 1.35 bits per heavy atom. The molecule has 4 nitrogen and oxygen atoms in total. The quantitative estimate of drug-likeness (QED) is 0.943. The molecule has 0 aliphatic carbocycles. The number of hydrogen-bond donors (Lipinski definition) is 1. The zero-order valence-corrected chi connectivity index (χ0v) is 12.7. The van der Waals surface area contributed by atoms with Crippen molar-refractivity contribution in [3.8, 4) is 0 Å². The van der Waals surface area contributed by atoms with E-state index in [-0.39, 0.29) is 0 Å². The van der Waals surface area contributed by atoms with E-state index in [0.717, 1.165) is 29.9 Å². The van der Waals surface area contributed by atoms with E-state index >= 15 is 0 Å². The molecule has 3 rings (SSSR count). The lowest BCUT2D eigenvalue weighted by Gasteiger charge is -2.33. The van der Waals surface area contributed by atoms with E-state index in [4.69, 9.17) is 11.6 Å². The summed E-state index contributed by atoms with van der Waals surface area (Å²) in [4.78, 5) is 12.2. The molecule has 0 saturated carbocycles. The van der Waals surface area contributed by atoms with Crippen molar-refractivity contribution in [1.82, 2.24) is 15.3 Å². The number of anilines is 1. The lowest BCUT2D eigenvalue weighted by atomic mass is 10.1. The van der Waals surface area contributed by atoms with Crippen LogP contribution in [-0.2, 0) is 6.54 Å². The number of nitrogens with one attached hydrogen (secondary N) is 1. The number of rotatable bonds is 4. The summed E-state index contributed by atoms with van der Waals surface area (Å²) in [5.41, 5.74) is 0. The molecule has 6 heteroatoms. The molecule has 0 radical (unpaired) electrons. The van der Waals surface area contributed by atoms with Gasteiger partial charge in [0.2, 0.25) is 5.95 Å². The molecule has 0 unspecified atom stereocenters. The van der Waals surface area contributed by atoms with Gasteiger partial charge in [-0.15, -0.1) is 11.3 Å². The number of thiophene rings is 1. The number of nitrogens with zero attached hydrogens (tertiary/aromatic N) is 3. The van der Waals surface area contributed by atoms with E-state index in [1.165, 1.54) is 17.7 Å². The third-order valence-electron chi connectivity index (χ3n) is 3.45. The first-order valence-corrected chi connectivity index (χ1v) is 8.00. The van der Waals surface area contributed by atoms with Crippen LogP contribution in [0.4, 0.5) is 5.95 Å². The molecule has 1 fully saturated rings. The van der Waals surface area contributed by atoms with Gasteiger partial charge in [0.05, 0.1) is 4.34 Å². The fraction of sp³-hybridized carbons (Fsp3) is 0.429. The molecule has 0 aromatic carbocycles. The van der Waals surface area contributed by atoms with Crippen molar-refractivity contribution >= 4 is 28.9 Å². The van der Waals surface area contributed by atoms with Gasteiger partial charge in [-0.05, 0) is 31.0 Å². The lowest BCUT2D eigenvalue weighted by molar-refractivity contribution is 0.419. The second-order valence-electron chi connectivity index (χ2n) is 4.92. The maximum Gasteiger partial charge on any atom is 0.225 e. The molecular formula is C14H17ClN4S. The molecule has 106 valence electrons. The summed E-state index contributed by atoms with van der Waals surface area (Å²) < 4.78 is 0.852. The van der Waals surface area contributed by atoms with Gasteiger partial charge in [-0.3, -0.25) is 0 Å². The van der Waals surface area contributed by atoms with Crippen LogP contribution in [0, 0.1) is 0 Å². The molecule has 2 aromatic heterocycles. The summed E-state index contributed by atoms with van der Waals surface area (Å²) in [5.74, 6) is 0.832. The molecular weight excluding hydrogens is 292 g/mol. The summed E-state index contributed by atoms with van der Waals surface area (Å²) in [7, 11) is 0. The van der Waals surface area contributed by atoms with Gasteiger partial charge in [-0.1, -0.05) is 11.6 Å². The summed E-state index contributed by atoms with van der Waals surface area (Å²) in [6.45, 7) is 2.88. The number of hydrogen-bond acceptors (Lipinski definition) is 5. The van der Waals surface area contributed by atoms with Crippen LogP contribution in [0.2, 0.25) is 4.34 Å². The van der Waals surface area contributed by atoms with Gasteiger partial charge in [-0.2, -0.15) is 0 Å². The van der Waals surface area contributed by atoms with Gasteiger partial charge in [0.15, 0.2) is 0 Å². The van der Waals surface area contributed by atoms with Crippen molar-refractivity contribution in [2.45, 2.75) is 25.4 Å². The largest absolute Gasteiger partial charge is 0.339 e. The molecule has 3 heterocycles. The third kappa shape index (κ3) is 3.48. The van der Waals surface area contributed by atoms with Crippen LogP contribution in [0.3, 0.4) is 0 Å². The Morgan fingerprint density at radius 2 is 2.20 bits per heavy atom. The normalized spacial score (nSPS) is 19.2. The SMILES string of the molecule is Clc1ccc(CN[C@@H]2CCCN(c3ncccn3)C2)s1. The minimum Gasteiger partial charge on any atom is -0.339 e. The van der Waals surface area contributed by atoms with Gasteiger partial charge in [0.25, 0.3) is 0 Å². The van der Waals surface area contributed by atoms with Crippen LogP contribution in [0.25, 0.3) is 0 Å². The smallest absolute Gasteiger partial charge is 0.225 e. The third-order valence-corrected chi connectivity index (χ3v) is 4.68. The van der Waals surface area contributed by atoms with Gasteiger partial charge >= 0.3 is 0 Å². The highest BCUT2D eigenvalue weighted by Gasteiger charge is 2.21. The van der Waals surface area contributed by atoms with E-state index in [2.05, 4.69) is 26.3 Å².